The van der Waals surface area contributed by atoms with E-state index in [-0.39, 0.29) is 11.3 Å². The summed E-state index contributed by atoms with van der Waals surface area (Å²) in [4.78, 5) is 22.0. The first-order chi connectivity index (χ1) is 9.08. The monoisotopic (exact) mass is 281 g/mol. The lowest BCUT2D eigenvalue weighted by Crippen LogP contribution is -2.09. The summed E-state index contributed by atoms with van der Waals surface area (Å²) in [7, 11) is 0. The first kappa shape index (κ1) is 13.9. The minimum atomic E-state index is -1.03. The van der Waals surface area contributed by atoms with Crippen LogP contribution in [-0.2, 0) is 0 Å². The smallest absolute Gasteiger partial charge is 0.336 e. The molecule has 1 N–H and O–H groups in total. The zero-order valence-electron chi connectivity index (χ0n) is 10.4. The quantitative estimate of drug-likeness (QED) is 0.672. The SMILES string of the molecule is O=C(O)c1ccc([N+](=O)[O-])cc1SC1CCCCC1. The van der Waals surface area contributed by atoms with E-state index in [0.29, 0.717) is 10.1 Å². The van der Waals surface area contributed by atoms with Crippen molar-refractivity contribution in [2.45, 2.75) is 42.2 Å². The van der Waals surface area contributed by atoms with E-state index < -0.39 is 10.9 Å². The van der Waals surface area contributed by atoms with Crippen LogP contribution in [0.1, 0.15) is 42.5 Å². The van der Waals surface area contributed by atoms with Gasteiger partial charge in [0.1, 0.15) is 0 Å². The van der Waals surface area contributed by atoms with E-state index in [1.165, 1.54) is 36.4 Å². The summed E-state index contributed by atoms with van der Waals surface area (Å²) in [5, 5.41) is 20.3. The third kappa shape index (κ3) is 3.47. The molecular formula is C13H15NO4S. The number of carbonyl (C=O) groups is 1. The van der Waals surface area contributed by atoms with E-state index in [1.807, 2.05) is 0 Å². The number of nitro benzene ring substituents is 1. The fourth-order valence-electron chi connectivity index (χ4n) is 2.26. The van der Waals surface area contributed by atoms with Gasteiger partial charge in [-0.05, 0) is 18.9 Å². The van der Waals surface area contributed by atoms with Crippen LogP contribution in [0.2, 0.25) is 0 Å². The molecule has 102 valence electrons. The van der Waals surface area contributed by atoms with Gasteiger partial charge >= 0.3 is 5.97 Å². The standard InChI is InChI=1S/C13H15NO4S/c15-13(16)11-7-6-9(14(17)18)8-12(11)19-10-4-2-1-3-5-10/h6-8,10H,1-5H2,(H,15,16). The largest absolute Gasteiger partial charge is 0.478 e. The number of benzene rings is 1. The van der Waals surface area contributed by atoms with E-state index in [0.717, 1.165) is 25.7 Å². The number of aromatic carboxylic acids is 1. The van der Waals surface area contributed by atoms with Crippen LogP contribution in [0, 0.1) is 10.1 Å². The Hall–Kier alpha value is -1.56. The van der Waals surface area contributed by atoms with Crippen LogP contribution in [0.4, 0.5) is 5.69 Å². The molecule has 1 aliphatic rings. The Balaban J connectivity index is 2.26. The lowest BCUT2D eigenvalue weighted by Gasteiger charge is -2.21. The maximum Gasteiger partial charge on any atom is 0.336 e. The van der Waals surface area contributed by atoms with Crippen molar-refractivity contribution >= 4 is 23.4 Å². The fourth-order valence-corrected chi connectivity index (χ4v) is 3.66. The number of rotatable bonds is 4. The Bertz CT molecular complexity index is 497. The number of hydrogen-bond acceptors (Lipinski definition) is 4. The van der Waals surface area contributed by atoms with Gasteiger partial charge in [-0.3, -0.25) is 10.1 Å². The second kappa shape index (κ2) is 6.06. The zero-order chi connectivity index (χ0) is 13.8. The van der Waals surface area contributed by atoms with Gasteiger partial charge in [0.05, 0.1) is 10.5 Å². The molecule has 0 spiro atoms. The highest BCUT2D eigenvalue weighted by Crippen LogP contribution is 2.36. The summed E-state index contributed by atoms with van der Waals surface area (Å²) in [5.41, 5.74) is 0.101. The van der Waals surface area contributed by atoms with E-state index >= 15 is 0 Å². The number of nitrogens with zero attached hydrogens (tertiary/aromatic N) is 1. The first-order valence-corrected chi connectivity index (χ1v) is 7.14. The molecule has 1 aliphatic carbocycles. The van der Waals surface area contributed by atoms with Gasteiger partial charge in [-0.25, -0.2) is 4.79 Å². The normalized spacial score (nSPS) is 16.2. The van der Waals surface area contributed by atoms with Crippen molar-refractivity contribution in [3.63, 3.8) is 0 Å². The molecule has 1 aromatic carbocycles. The summed E-state index contributed by atoms with van der Waals surface area (Å²) in [6, 6.07) is 3.95. The summed E-state index contributed by atoms with van der Waals surface area (Å²) in [6.45, 7) is 0. The van der Waals surface area contributed by atoms with E-state index in [9.17, 15) is 14.9 Å². The highest BCUT2D eigenvalue weighted by molar-refractivity contribution is 8.00. The van der Waals surface area contributed by atoms with Gasteiger partial charge in [0.2, 0.25) is 0 Å². The molecule has 0 saturated heterocycles. The van der Waals surface area contributed by atoms with Crippen molar-refractivity contribution < 1.29 is 14.8 Å². The number of thioether (sulfide) groups is 1. The summed E-state index contributed by atoms with van der Waals surface area (Å²) in [5.74, 6) is -1.03. The average Bonchev–Trinajstić information content (AvgIpc) is 2.39. The number of carboxylic acids is 1. The minimum Gasteiger partial charge on any atom is -0.478 e. The average molecular weight is 281 g/mol. The highest BCUT2D eigenvalue weighted by Gasteiger charge is 2.20. The minimum absolute atomic E-state index is 0.0525. The van der Waals surface area contributed by atoms with Crippen LogP contribution in [-0.4, -0.2) is 21.2 Å². The van der Waals surface area contributed by atoms with Crippen LogP contribution < -0.4 is 0 Å². The molecule has 0 bridgehead atoms. The van der Waals surface area contributed by atoms with Crippen molar-refractivity contribution in [2.24, 2.45) is 0 Å². The topological polar surface area (TPSA) is 80.4 Å². The van der Waals surface area contributed by atoms with Gasteiger partial charge in [-0.1, -0.05) is 19.3 Å². The molecule has 0 unspecified atom stereocenters. The van der Waals surface area contributed by atoms with E-state index in [1.54, 1.807) is 0 Å². The lowest BCUT2D eigenvalue weighted by molar-refractivity contribution is -0.385. The van der Waals surface area contributed by atoms with Crippen LogP contribution >= 0.6 is 11.8 Å². The number of hydrogen-bond donors (Lipinski definition) is 1. The van der Waals surface area contributed by atoms with Crippen LogP contribution in [0.25, 0.3) is 0 Å². The Morgan fingerprint density at radius 2 is 2.00 bits per heavy atom. The lowest BCUT2D eigenvalue weighted by atomic mass is 10.0. The molecule has 0 aliphatic heterocycles. The summed E-state index contributed by atoms with van der Waals surface area (Å²) >= 11 is 1.47. The fraction of sp³-hybridized carbons (Fsp3) is 0.462. The first-order valence-electron chi connectivity index (χ1n) is 6.26. The summed E-state index contributed by atoms with van der Waals surface area (Å²) < 4.78 is 0. The van der Waals surface area contributed by atoms with Gasteiger partial charge in [0.15, 0.2) is 0 Å². The molecule has 0 radical (unpaired) electrons. The van der Waals surface area contributed by atoms with Gasteiger partial charge in [0.25, 0.3) is 5.69 Å². The maximum atomic E-state index is 11.2. The molecule has 1 saturated carbocycles. The zero-order valence-corrected chi connectivity index (χ0v) is 11.2. The molecule has 0 atom stereocenters. The van der Waals surface area contributed by atoms with Crippen molar-refractivity contribution in [1.29, 1.82) is 0 Å². The molecular weight excluding hydrogens is 266 g/mol. The van der Waals surface area contributed by atoms with Gasteiger partial charge in [0, 0.05) is 22.3 Å². The predicted molar refractivity (Wildman–Crippen MR) is 72.8 cm³/mol. The second-order valence-electron chi connectivity index (χ2n) is 4.62. The third-order valence-corrected chi connectivity index (χ3v) is 4.65. The van der Waals surface area contributed by atoms with Crippen LogP contribution in [0.3, 0.4) is 0 Å². The highest BCUT2D eigenvalue weighted by atomic mass is 32.2. The number of nitro groups is 1. The van der Waals surface area contributed by atoms with Crippen LogP contribution in [0.15, 0.2) is 23.1 Å². The van der Waals surface area contributed by atoms with Crippen molar-refractivity contribution in [1.82, 2.24) is 0 Å². The van der Waals surface area contributed by atoms with E-state index in [2.05, 4.69) is 0 Å². The number of carboxylic acid groups (broad SMARTS) is 1. The van der Waals surface area contributed by atoms with Crippen LogP contribution in [0.5, 0.6) is 0 Å². The maximum absolute atomic E-state index is 11.2. The molecule has 0 aromatic heterocycles. The van der Waals surface area contributed by atoms with Gasteiger partial charge in [-0.2, -0.15) is 0 Å². The summed E-state index contributed by atoms with van der Waals surface area (Å²) in [6.07, 6.45) is 5.61. The number of non-ortho nitro benzene ring substituents is 1. The molecule has 1 fully saturated rings. The molecule has 19 heavy (non-hydrogen) atoms. The van der Waals surface area contributed by atoms with Gasteiger partial charge < -0.3 is 5.11 Å². The Kier molecular flexibility index (Phi) is 4.42. The molecule has 6 heteroatoms. The molecule has 2 rings (SSSR count). The Morgan fingerprint density at radius 1 is 1.32 bits per heavy atom. The van der Waals surface area contributed by atoms with Crippen molar-refractivity contribution in [3.8, 4) is 0 Å². The third-order valence-electron chi connectivity index (χ3n) is 3.25. The molecule has 0 amide bonds. The molecule has 5 nitrogen and oxygen atoms in total. The van der Waals surface area contributed by atoms with Crippen molar-refractivity contribution in [3.05, 3.63) is 33.9 Å². The second-order valence-corrected chi connectivity index (χ2v) is 5.96. The van der Waals surface area contributed by atoms with Gasteiger partial charge in [-0.15, -0.1) is 11.8 Å². The molecule has 0 heterocycles. The van der Waals surface area contributed by atoms with E-state index in [4.69, 9.17) is 5.11 Å². The Labute approximate surface area is 115 Å². The molecule has 1 aromatic rings. The predicted octanol–water partition coefficient (Wildman–Crippen LogP) is 3.72. The Morgan fingerprint density at radius 3 is 2.58 bits per heavy atom. The van der Waals surface area contributed by atoms with Crippen molar-refractivity contribution in [2.75, 3.05) is 0 Å².